The summed E-state index contributed by atoms with van der Waals surface area (Å²) in [6.45, 7) is 4.53. The molecule has 0 aliphatic carbocycles. The number of carbonyl (C=O) groups is 1. The molecule has 0 saturated carbocycles. The van der Waals surface area contributed by atoms with Gasteiger partial charge in [-0.1, -0.05) is 155 Å². The van der Waals surface area contributed by atoms with Crippen LogP contribution in [-0.4, -0.2) is 11.1 Å². The van der Waals surface area contributed by atoms with Gasteiger partial charge in [-0.05, 0) is 12.8 Å². The van der Waals surface area contributed by atoms with Crippen molar-refractivity contribution in [2.75, 3.05) is 0 Å². The van der Waals surface area contributed by atoms with Crippen LogP contribution in [0.1, 0.15) is 168 Å². The molecule has 0 heterocycles. The second-order valence-electron chi connectivity index (χ2n) is 9.68. The molecular weight excluding hydrogens is 368 g/mol. The van der Waals surface area contributed by atoms with E-state index in [4.69, 9.17) is 0 Å². The Morgan fingerprint density at radius 1 is 0.467 bits per heavy atom. The summed E-state index contributed by atoms with van der Waals surface area (Å²) in [5.74, 6) is -0.657. The van der Waals surface area contributed by atoms with Gasteiger partial charge in [-0.3, -0.25) is 4.79 Å². The molecule has 0 spiro atoms. The molecule has 0 aromatic heterocycles. The van der Waals surface area contributed by atoms with E-state index in [1.165, 1.54) is 128 Å². The summed E-state index contributed by atoms with van der Waals surface area (Å²) in [4.78, 5) is 11.5. The lowest BCUT2D eigenvalue weighted by molar-refractivity contribution is -0.142. The minimum absolute atomic E-state index is 0.0950. The fraction of sp³-hybridized carbons (Fsp3) is 0.964. The van der Waals surface area contributed by atoms with Crippen molar-refractivity contribution in [2.45, 2.75) is 168 Å². The molecule has 0 bridgehead atoms. The zero-order chi connectivity index (χ0) is 22.1. The number of hydrogen-bond donors (Lipinski definition) is 1. The fourth-order valence-electron chi connectivity index (χ4n) is 4.50. The van der Waals surface area contributed by atoms with Gasteiger partial charge in [0.15, 0.2) is 0 Å². The molecule has 0 saturated heterocycles. The first kappa shape index (κ1) is 29.5. The first-order valence-electron chi connectivity index (χ1n) is 13.9. The van der Waals surface area contributed by atoms with E-state index in [9.17, 15) is 9.90 Å². The van der Waals surface area contributed by atoms with Crippen molar-refractivity contribution in [1.82, 2.24) is 0 Å². The highest BCUT2D eigenvalue weighted by Crippen LogP contribution is 2.20. The molecule has 1 atom stereocenters. The monoisotopic (exact) mass is 424 g/mol. The van der Waals surface area contributed by atoms with Gasteiger partial charge in [0.05, 0.1) is 5.92 Å². The molecule has 0 radical (unpaired) electrons. The van der Waals surface area contributed by atoms with E-state index in [-0.39, 0.29) is 5.92 Å². The number of unbranched alkanes of at least 4 members (excludes halogenated alkanes) is 20. The standard InChI is InChI=1S/C28H56O2/c1-3-5-7-9-11-13-14-15-16-17-18-20-22-24-26-27(28(29)30)25-23-21-19-12-10-8-6-4-2/h27H,3-26H2,1-2H3,(H,29,30). The van der Waals surface area contributed by atoms with Gasteiger partial charge in [-0.25, -0.2) is 0 Å². The van der Waals surface area contributed by atoms with Crippen LogP contribution >= 0.6 is 0 Å². The highest BCUT2D eigenvalue weighted by molar-refractivity contribution is 5.69. The highest BCUT2D eigenvalue weighted by atomic mass is 16.4. The Hall–Kier alpha value is -0.530. The predicted octanol–water partition coefficient (Wildman–Crippen LogP) is 10.1. The summed E-state index contributed by atoms with van der Waals surface area (Å²) in [5, 5.41) is 9.48. The summed E-state index contributed by atoms with van der Waals surface area (Å²) in [5.41, 5.74) is 0. The molecular formula is C28H56O2. The zero-order valence-corrected chi connectivity index (χ0v) is 20.9. The molecule has 0 amide bonds. The Balaban J connectivity index is 3.40. The van der Waals surface area contributed by atoms with Crippen LogP contribution in [0.2, 0.25) is 0 Å². The lowest BCUT2D eigenvalue weighted by atomic mass is 9.94. The minimum atomic E-state index is -0.562. The molecule has 2 heteroatoms. The second kappa shape index (κ2) is 24.7. The minimum Gasteiger partial charge on any atom is -0.481 e. The molecule has 0 aliphatic heterocycles. The lowest BCUT2D eigenvalue weighted by Gasteiger charge is -2.12. The van der Waals surface area contributed by atoms with Crippen LogP contribution < -0.4 is 0 Å². The zero-order valence-electron chi connectivity index (χ0n) is 20.9. The quantitative estimate of drug-likeness (QED) is 0.148. The van der Waals surface area contributed by atoms with Crippen molar-refractivity contribution in [2.24, 2.45) is 5.92 Å². The Labute approximate surface area is 190 Å². The average Bonchev–Trinajstić information content (AvgIpc) is 2.74. The van der Waals surface area contributed by atoms with Crippen molar-refractivity contribution >= 4 is 5.97 Å². The molecule has 1 unspecified atom stereocenters. The van der Waals surface area contributed by atoms with E-state index in [1.807, 2.05) is 0 Å². The van der Waals surface area contributed by atoms with Gasteiger partial charge in [0.25, 0.3) is 0 Å². The first-order valence-corrected chi connectivity index (χ1v) is 13.9. The van der Waals surface area contributed by atoms with Gasteiger partial charge in [0.1, 0.15) is 0 Å². The SMILES string of the molecule is CCCCCCCCCCCCCCCCC(CCCCCCCCCC)C(=O)O. The number of aliphatic carboxylic acids is 1. The van der Waals surface area contributed by atoms with Crippen LogP contribution in [0.5, 0.6) is 0 Å². The van der Waals surface area contributed by atoms with Crippen molar-refractivity contribution < 1.29 is 9.90 Å². The van der Waals surface area contributed by atoms with Crippen LogP contribution in [0.15, 0.2) is 0 Å². The van der Waals surface area contributed by atoms with Gasteiger partial charge in [-0.2, -0.15) is 0 Å². The molecule has 0 aromatic rings. The average molecular weight is 425 g/mol. The van der Waals surface area contributed by atoms with E-state index in [0.717, 1.165) is 25.7 Å². The van der Waals surface area contributed by atoms with Crippen molar-refractivity contribution in [3.8, 4) is 0 Å². The van der Waals surface area contributed by atoms with E-state index < -0.39 is 5.97 Å². The smallest absolute Gasteiger partial charge is 0.306 e. The number of carboxylic acid groups (broad SMARTS) is 1. The third kappa shape index (κ3) is 22.2. The van der Waals surface area contributed by atoms with Crippen LogP contribution in [0.25, 0.3) is 0 Å². The number of hydrogen-bond acceptors (Lipinski definition) is 1. The van der Waals surface area contributed by atoms with E-state index in [2.05, 4.69) is 13.8 Å². The van der Waals surface area contributed by atoms with E-state index in [1.54, 1.807) is 0 Å². The molecule has 0 fully saturated rings. The Kier molecular flexibility index (Phi) is 24.3. The maximum absolute atomic E-state index is 11.5. The molecule has 1 N–H and O–H groups in total. The largest absolute Gasteiger partial charge is 0.481 e. The fourth-order valence-corrected chi connectivity index (χ4v) is 4.50. The molecule has 0 aliphatic rings. The molecule has 0 rings (SSSR count). The Bertz CT molecular complexity index is 340. The summed E-state index contributed by atoms with van der Waals surface area (Å²) in [6.07, 6.45) is 31.1. The van der Waals surface area contributed by atoms with Crippen LogP contribution in [0.4, 0.5) is 0 Å². The maximum Gasteiger partial charge on any atom is 0.306 e. The summed E-state index contributed by atoms with van der Waals surface area (Å²) in [6, 6.07) is 0. The summed E-state index contributed by atoms with van der Waals surface area (Å²) in [7, 11) is 0. The molecule has 30 heavy (non-hydrogen) atoms. The summed E-state index contributed by atoms with van der Waals surface area (Å²) >= 11 is 0. The molecule has 0 aromatic carbocycles. The van der Waals surface area contributed by atoms with E-state index in [0.29, 0.717) is 0 Å². The third-order valence-corrected chi connectivity index (χ3v) is 6.66. The van der Waals surface area contributed by atoms with Crippen LogP contribution in [-0.2, 0) is 4.79 Å². The normalized spacial score (nSPS) is 12.3. The molecule has 2 nitrogen and oxygen atoms in total. The third-order valence-electron chi connectivity index (χ3n) is 6.66. The number of rotatable bonds is 25. The lowest BCUT2D eigenvalue weighted by Crippen LogP contribution is -2.13. The van der Waals surface area contributed by atoms with Crippen molar-refractivity contribution in [3.05, 3.63) is 0 Å². The van der Waals surface area contributed by atoms with Crippen LogP contribution in [0, 0.1) is 5.92 Å². The van der Waals surface area contributed by atoms with Crippen molar-refractivity contribution in [3.63, 3.8) is 0 Å². The van der Waals surface area contributed by atoms with Gasteiger partial charge >= 0.3 is 5.97 Å². The predicted molar refractivity (Wildman–Crippen MR) is 133 cm³/mol. The second-order valence-corrected chi connectivity index (χ2v) is 9.68. The van der Waals surface area contributed by atoms with Crippen molar-refractivity contribution in [1.29, 1.82) is 0 Å². The van der Waals surface area contributed by atoms with Gasteiger partial charge in [-0.15, -0.1) is 0 Å². The van der Waals surface area contributed by atoms with Gasteiger partial charge < -0.3 is 5.11 Å². The molecule has 180 valence electrons. The van der Waals surface area contributed by atoms with Gasteiger partial charge in [0, 0.05) is 0 Å². The summed E-state index contributed by atoms with van der Waals surface area (Å²) < 4.78 is 0. The Morgan fingerprint density at radius 3 is 0.933 bits per heavy atom. The van der Waals surface area contributed by atoms with Crippen LogP contribution in [0.3, 0.4) is 0 Å². The number of carboxylic acids is 1. The maximum atomic E-state index is 11.5. The highest BCUT2D eigenvalue weighted by Gasteiger charge is 2.16. The van der Waals surface area contributed by atoms with E-state index >= 15 is 0 Å². The van der Waals surface area contributed by atoms with Gasteiger partial charge in [0.2, 0.25) is 0 Å². The Morgan fingerprint density at radius 2 is 0.700 bits per heavy atom. The topological polar surface area (TPSA) is 37.3 Å². The first-order chi connectivity index (χ1) is 14.7.